The number of nitrogen functional groups attached to an aromatic ring is 1. The molecule has 0 unspecified atom stereocenters. The molecule has 98 valence electrons. The number of hydrazine groups is 1. The van der Waals surface area contributed by atoms with Crippen molar-refractivity contribution in [1.29, 1.82) is 0 Å². The van der Waals surface area contributed by atoms with Gasteiger partial charge in [-0.05, 0) is 31.2 Å². The summed E-state index contributed by atoms with van der Waals surface area (Å²) in [6.07, 6.45) is 1.50. The van der Waals surface area contributed by atoms with Crippen LogP contribution in [0.4, 0.5) is 11.4 Å². The maximum Gasteiger partial charge on any atom is 0.335 e. The molecule has 0 aliphatic rings. The van der Waals surface area contributed by atoms with Crippen LogP contribution in [0.15, 0.2) is 36.5 Å². The number of pyridine rings is 1. The van der Waals surface area contributed by atoms with Crippen LogP contribution >= 0.6 is 0 Å². The third-order valence-electron chi connectivity index (χ3n) is 2.45. The van der Waals surface area contributed by atoms with Gasteiger partial charge >= 0.3 is 5.69 Å². The van der Waals surface area contributed by atoms with Gasteiger partial charge in [-0.25, -0.2) is 0 Å². The van der Waals surface area contributed by atoms with Gasteiger partial charge in [0.25, 0.3) is 0 Å². The van der Waals surface area contributed by atoms with Crippen LogP contribution in [-0.2, 0) is 0 Å². The lowest BCUT2D eigenvalue weighted by atomic mass is 10.2. The van der Waals surface area contributed by atoms with Crippen LogP contribution in [0.2, 0.25) is 0 Å². The Bertz CT molecular complexity index is 598. The number of para-hydroxylation sites is 1. The monoisotopic (exact) mass is 260 g/mol. The van der Waals surface area contributed by atoms with Crippen LogP contribution in [0.5, 0.6) is 11.5 Å². The van der Waals surface area contributed by atoms with E-state index in [0.717, 1.165) is 5.69 Å². The molecule has 1 aromatic carbocycles. The number of ether oxygens (including phenoxy) is 1. The zero-order chi connectivity index (χ0) is 13.8. The highest BCUT2D eigenvalue weighted by molar-refractivity contribution is 5.68. The predicted octanol–water partition coefficient (Wildman–Crippen LogP) is 2.38. The maximum absolute atomic E-state index is 11.1. The quantitative estimate of drug-likeness (QED) is 0.497. The number of nitrogens with one attached hydrogen (secondary N) is 1. The average molecular weight is 260 g/mol. The van der Waals surface area contributed by atoms with Crippen molar-refractivity contribution in [2.45, 2.75) is 6.92 Å². The Kier molecular flexibility index (Phi) is 3.58. The summed E-state index contributed by atoms with van der Waals surface area (Å²) in [5, 5.41) is 11.1. The SMILES string of the molecule is Cc1ccc(Oc2cccc(NN)c2[N+](=O)[O-])cn1. The van der Waals surface area contributed by atoms with Crippen LogP contribution in [-0.4, -0.2) is 9.91 Å². The van der Waals surface area contributed by atoms with Crippen LogP contribution in [0, 0.1) is 17.0 Å². The van der Waals surface area contributed by atoms with Crippen molar-refractivity contribution in [2.24, 2.45) is 5.84 Å². The molecular weight excluding hydrogens is 248 g/mol. The smallest absolute Gasteiger partial charge is 0.335 e. The van der Waals surface area contributed by atoms with Crippen molar-refractivity contribution >= 4 is 11.4 Å². The lowest BCUT2D eigenvalue weighted by molar-refractivity contribution is -0.384. The van der Waals surface area contributed by atoms with Gasteiger partial charge in [0.05, 0.1) is 11.1 Å². The van der Waals surface area contributed by atoms with Crippen molar-refractivity contribution in [2.75, 3.05) is 5.43 Å². The fraction of sp³-hybridized carbons (Fsp3) is 0.0833. The van der Waals surface area contributed by atoms with Crippen LogP contribution in [0.25, 0.3) is 0 Å². The molecule has 0 aliphatic carbocycles. The van der Waals surface area contributed by atoms with E-state index in [0.29, 0.717) is 5.75 Å². The van der Waals surface area contributed by atoms with Crippen LogP contribution in [0.1, 0.15) is 5.69 Å². The van der Waals surface area contributed by atoms with Crippen molar-refractivity contribution in [3.05, 3.63) is 52.3 Å². The molecule has 7 nitrogen and oxygen atoms in total. The molecule has 0 saturated carbocycles. The summed E-state index contributed by atoms with van der Waals surface area (Å²) in [6, 6.07) is 8.05. The van der Waals surface area contributed by atoms with Crippen molar-refractivity contribution in [3.63, 3.8) is 0 Å². The molecule has 2 rings (SSSR count). The van der Waals surface area contributed by atoms with E-state index in [1.165, 1.54) is 18.3 Å². The lowest BCUT2D eigenvalue weighted by Crippen LogP contribution is -2.09. The van der Waals surface area contributed by atoms with E-state index in [-0.39, 0.29) is 17.1 Å². The first-order valence-corrected chi connectivity index (χ1v) is 5.46. The van der Waals surface area contributed by atoms with Gasteiger partial charge in [0, 0.05) is 5.69 Å². The van der Waals surface area contributed by atoms with Gasteiger partial charge in [0.15, 0.2) is 0 Å². The molecule has 0 bridgehead atoms. The van der Waals surface area contributed by atoms with Crippen LogP contribution < -0.4 is 16.0 Å². The fourth-order valence-corrected chi connectivity index (χ4v) is 1.55. The average Bonchev–Trinajstić information content (AvgIpc) is 2.40. The molecule has 1 heterocycles. The van der Waals surface area contributed by atoms with Crippen molar-refractivity contribution in [3.8, 4) is 11.5 Å². The number of aryl methyl sites for hydroxylation is 1. The van der Waals surface area contributed by atoms with Crippen molar-refractivity contribution < 1.29 is 9.66 Å². The molecule has 0 amide bonds. The molecule has 0 radical (unpaired) electrons. The Morgan fingerprint density at radius 2 is 2.16 bits per heavy atom. The number of nitro benzene ring substituents is 1. The molecule has 0 saturated heterocycles. The summed E-state index contributed by atoms with van der Waals surface area (Å²) in [4.78, 5) is 14.6. The van der Waals surface area contributed by atoms with Gasteiger partial charge in [-0.1, -0.05) is 6.07 Å². The lowest BCUT2D eigenvalue weighted by Gasteiger charge is -2.08. The molecule has 1 aromatic heterocycles. The molecule has 0 fully saturated rings. The number of benzene rings is 1. The minimum Gasteiger partial charge on any atom is -0.448 e. The summed E-state index contributed by atoms with van der Waals surface area (Å²) in [5.41, 5.74) is 3.07. The highest BCUT2D eigenvalue weighted by Crippen LogP contribution is 2.36. The number of nitrogens with zero attached hydrogens (tertiary/aromatic N) is 2. The molecule has 7 heteroatoms. The number of nitrogens with two attached hydrogens (primary N) is 1. The second kappa shape index (κ2) is 5.32. The van der Waals surface area contributed by atoms with Gasteiger partial charge < -0.3 is 10.2 Å². The first-order valence-electron chi connectivity index (χ1n) is 5.46. The number of aromatic nitrogens is 1. The summed E-state index contributed by atoms with van der Waals surface area (Å²) in [5.74, 6) is 5.77. The van der Waals surface area contributed by atoms with E-state index >= 15 is 0 Å². The van der Waals surface area contributed by atoms with Gasteiger partial charge in [-0.3, -0.25) is 20.9 Å². The highest BCUT2D eigenvalue weighted by Gasteiger charge is 2.21. The minimum absolute atomic E-state index is 0.103. The van der Waals surface area contributed by atoms with E-state index in [2.05, 4.69) is 10.4 Å². The molecule has 0 atom stereocenters. The summed E-state index contributed by atoms with van der Waals surface area (Å²) in [7, 11) is 0. The Hall–Kier alpha value is -2.67. The fourth-order valence-electron chi connectivity index (χ4n) is 1.55. The molecule has 0 spiro atoms. The van der Waals surface area contributed by atoms with E-state index in [9.17, 15) is 10.1 Å². The first kappa shape index (κ1) is 12.8. The van der Waals surface area contributed by atoms with E-state index in [1.54, 1.807) is 18.2 Å². The van der Waals surface area contributed by atoms with Gasteiger partial charge in [-0.15, -0.1) is 0 Å². The summed E-state index contributed by atoms with van der Waals surface area (Å²) >= 11 is 0. The van der Waals surface area contributed by atoms with Crippen molar-refractivity contribution in [1.82, 2.24) is 4.98 Å². The van der Waals surface area contributed by atoms with Gasteiger partial charge in [-0.2, -0.15) is 0 Å². The van der Waals surface area contributed by atoms with Gasteiger partial charge in [0.1, 0.15) is 11.4 Å². The number of hydrogen-bond donors (Lipinski definition) is 2. The number of anilines is 1. The van der Waals surface area contributed by atoms with E-state index in [1.807, 2.05) is 6.92 Å². The number of rotatable bonds is 4. The first-order chi connectivity index (χ1) is 9.11. The standard InChI is InChI=1S/C12H12N4O3/c1-8-5-6-9(7-14-8)19-11-4-2-3-10(15-13)12(11)16(17)18/h2-7,15H,13H2,1H3. The zero-order valence-corrected chi connectivity index (χ0v) is 10.2. The normalized spacial score (nSPS) is 10.0. The maximum atomic E-state index is 11.1. The Balaban J connectivity index is 2.39. The molecule has 19 heavy (non-hydrogen) atoms. The Labute approximate surface area is 109 Å². The topological polar surface area (TPSA) is 103 Å². The molecule has 0 aliphatic heterocycles. The van der Waals surface area contributed by atoms with Gasteiger partial charge in [0.2, 0.25) is 5.75 Å². The van der Waals surface area contributed by atoms with E-state index < -0.39 is 4.92 Å². The third kappa shape index (κ3) is 2.78. The largest absolute Gasteiger partial charge is 0.448 e. The Morgan fingerprint density at radius 1 is 1.37 bits per heavy atom. The zero-order valence-electron chi connectivity index (χ0n) is 10.2. The molecule has 2 aromatic rings. The van der Waals surface area contributed by atoms with E-state index in [4.69, 9.17) is 10.6 Å². The number of hydrogen-bond acceptors (Lipinski definition) is 6. The summed E-state index contributed by atoms with van der Waals surface area (Å²) < 4.78 is 5.47. The second-order valence-corrected chi connectivity index (χ2v) is 3.79. The highest BCUT2D eigenvalue weighted by atomic mass is 16.6. The molecule has 3 N–H and O–H groups in total. The third-order valence-corrected chi connectivity index (χ3v) is 2.45. The summed E-state index contributed by atoms with van der Waals surface area (Å²) in [6.45, 7) is 1.84. The second-order valence-electron chi connectivity index (χ2n) is 3.79. The Morgan fingerprint density at radius 3 is 2.74 bits per heavy atom. The minimum atomic E-state index is -0.549. The van der Waals surface area contributed by atoms with Crippen LogP contribution in [0.3, 0.4) is 0 Å². The number of nitro groups is 1. The molecular formula is C12H12N4O3. The predicted molar refractivity (Wildman–Crippen MR) is 70.0 cm³/mol.